The van der Waals surface area contributed by atoms with E-state index in [1.807, 2.05) is 0 Å². The normalized spacial score (nSPS) is 17.7. The van der Waals surface area contributed by atoms with Crippen molar-refractivity contribution in [2.24, 2.45) is 4.40 Å². The summed E-state index contributed by atoms with van der Waals surface area (Å²) in [6.45, 7) is 0. The molecule has 7 heteroatoms. The van der Waals surface area contributed by atoms with Gasteiger partial charge in [0.1, 0.15) is 0 Å². The Kier molecular flexibility index (Phi) is 4.03. The number of sulfonamides is 1. The van der Waals surface area contributed by atoms with Crippen molar-refractivity contribution in [2.75, 3.05) is 0 Å². The second-order valence-electron chi connectivity index (χ2n) is 3.63. The minimum absolute atomic E-state index is 0.0627. The monoisotopic (exact) mass is 359 g/mol. The maximum Gasteiger partial charge on any atom is 0.282 e. The van der Waals surface area contributed by atoms with Crippen LogP contribution in [0.2, 0.25) is 0 Å². The number of halogens is 2. The summed E-state index contributed by atoms with van der Waals surface area (Å²) in [7, 11) is -3.82. The van der Waals surface area contributed by atoms with E-state index in [2.05, 4.69) is 20.3 Å². The highest BCUT2D eigenvalue weighted by atomic mass is 79.9. The number of ketones is 1. The predicted octanol–water partition coefficient (Wildman–Crippen LogP) is 2.84. The van der Waals surface area contributed by atoms with E-state index in [0.29, 0.717) is 0 Å². The molecule has 1 aromatic carbocycles. The van der Waals surface area contributed by atoms with Gasteiger partial charge in [-0.1, -0.05) is 27.5 Å². The smallest absolute Gasteiger partial charge is 0.282 e. The number of hydrogen-bond acceptors (Lipinski definition) is 3. The molecule has 0 aromatic heterocycles. The fourth-order valence-electron chi connectivity index (χ4n) is 1.34. The van der Waals surface area contributed by atoms with Crippen molar-refractivity contribution in [2.45, 2.75) is 4.90 Å². The molecule has 1 aliphatic rings. The summed E-state index contributed by atoms with van der Waals surface area (Å²) in [6.07, 6.45) is 3.71. The van der Waals surface area contributed by atoms with Crippen molar-refractivity contribution in [3.8, 4) is 0 Å². The third-order valence-corrected chi connectivity index (χ3v) is 4.40. The van der Waals surface area contributed by atoms with Crippen molar-refractivity contribution in [1.29, 1.82) is 0 Å². The van der Waals surface area contributed by atoms with E-state index in [1.54, 1.807) is 12.1 Å². The van der Waals surface area contributed by atoms with E-state index in [9.17, 15) is 13.2 Å². The molecule has 0 amide bonds. The Morgan fingerprint density at radius 1 is 1.11 bits per heavy atom. The summed E-state index contributed by atoms with van der Waals surface area (Å²) < 4.78 is 28.4. The zero-order valence-corrected chi connectivity index (χ0v) is 12.5. The fourth-order valence-corrected chi connectivity index (χ4v) is 2.76. The van der Waals surface area contributed by atoms with Crippen molar-refractivity contribution >= 4 is 49.0 Å². The number of carbonyl (C=O) groups excluding carboxylic acids is 1. The predicted molar refractivity (Wildman–Crippen MR) is 76.8 cm³/mol. The van der Waals surface area contributed by atoms with Crippen LogP contribution in [0.3, 0.4) is 0 Å². The number of benzene rings is 1. The Bertz CT molecular complexity index is 718. The lowest BCUT2D eigenvalue weighted by Gasteiger charge is -2.03. The van der Waals surface area contributed by atoms with Crippen LogP contribution in [0.25, 0.3) is 0 Å². The molecule has 98 valence electrons. The summed E-state index contributed by atoms with van der Waals surface area (Å²) in [5, 5.41) is -0.0627. The molecule has 0 spiro atoms. The van der Waals surface area contributed by atoms with Crippen LogP contribution < -0.4 is 0 Å². The molecule has 0 heterocycles. The van der Waals surface area contributed by atoms with E-state index < -0.39 is 10.0 Å². The van der Waals surface area contributed by atoms with E-state index in [-0.39, 0.29) is 21.4 Å². The van der Waals surface area contributed by atoms with Crippen LogP contribution in [-0.4, -0.2) is 19.9 Å². The zero-order chi connectivity index (χ0) is 14.0. The topological polar surface area (TPSA) is 63.6 Å². The van der Waals surface area contributed by atoms with Gasteiger partial charge in [-0.25, -0.2) is 0 Å². The van der Waals surface area contributed by atoms with Crippen molar-refractivity contribution in [3.05, 3.63) is 52.0 Å². The van der Waals surface area contributed by atoms with E-state index in [1.165, 1.54) is 30.4 Å². The first-order valence-electron chi connectivity index (χ1n) is 5.09. The Morgan fingerprint density at radius 2 is 1.74 bits per heavy atom. The molecule has 19 heavy (non-hydrogen) atoms. The standard InChI is InChI=1S/C12H7BrClNO3S/c13-8-1-4-10(5-2-8)19(17,18)15-9-3-6-12(16)11(14)7-9/h1-7H/b15-9-. The third-order valence-electron chi connectivity index (χ3n) is 2.25. The molecule has 0 fully saturated rings. The molecule has 1 aromatic rings. The van der Waals surface area contributed by atoms with Gasteiger partial charge in [0.2, 0.25) is 0 Å². The number of rotatable bonds is 2. The molecule has 0 radical (unpaired) electrons. The van der Waals surface area contributed by atoms with Crippen LogP contribution in [0.4, 0.5) is 0 Å². The van der Waals surface area contributed by atoms with E-state index in [0.717, 1.165) is 4.47 Å². The average molecular weight is 361 g/mol. The second-order valence-corrected chi connectivity index (χ2v) is 6.56. The minimum Gasteiger partial charge on any atom is -0.288 e. The third kappa shape index (κ3) is 3.40. The molecular formula is C12H7BrClNO3S. The van der Waals surface area contributed by atoms with Crippen molar-refractivity contribution < 1.29 is 13.2 Å². The molecular weight excluding hydrogens is 354 g/mol. The van der Waals surface area contributed by atoms with Gasteiger partial charge < -0.3 is 0 Å². The Hall–Kier alpha value is -1.24. The number of allylic oxidation sites excluding steroid dienone is 4. The van der Waals surface area contributed by atoms with Crippen LogP contribution in [0.5, 0.6) is 0 Å². The highest BCUT2D eigenvalue weighted by molar-refractivity contribution is 9.10. The Balaban J connectivity index is 2.40. The lowest BCUT2D eigenvalue weighted by atomic mass is 10.2. The Morgan fingerprint density at radius 3 is 2.32 bits per heavy atom. The van der Waals surface area contributed by atoms with Gasteiger partial charge in [0, 0.05) is 4.47 Å². The average Bonchev–Trinajstić information content (AvgIpc) is 2.34. The summed E-state index contributed by atoms with van der Waals surface area (Å²) in [5.41, 5.74) is 0.118. The van der Waals surface area contributed by atoms with Gasteiger partial charge in [-0.05, 0) is 42.5 Å². The summed E-state index contributed by atoms with van der Waals surface area (Å²) >= 11 is 8.85. The van der Waals surface area contributed by atoms with Gasteiger partial charge in [-0.3, -0.25) is 4.79 Å². The van der Waals surface area contributed by atoms with Gasteiger partial charge in [0.05, 0.1) is 15.6 Å². The van der Waals surface area contributed by atoms with Crippen LogP contribution in [0, 0.1) is 0 Å². The lowest BCUT2D eigenvalue weighted by molar-refractivity contribution is -0.110. The van der Waals surface area contributed by atoms with Gasteiger partial charge in [-0.2, -0.15) is 12.8 Å². The lowest BCUT2D eigenvalue weighted by Crippen LogP contribution is -2.07. The maximum absolute atomic E-state index is 12.0. The van der Waals surface area contributed by atoms with Crippen molar-refractivity contribution in [1.82, 2.24) is 0 Å². The first kappa shape index (κ1) is 14.2. The van der Waals surface area contributed by atoms with Gasteiger partial charge in [-0.15, -0.1) is 0 Å². The number of hydrogen-bond donors (Lipinski definition) is 0. The molecule has 0 bridgehead atoms. The van der Waals surface area contributed by atoms with Crippen molar-refractivity contribution in [3.63, 3.8) is 0 Å². The van der Waals surface area contributed by atoms with E-state index >= 15 is 0 Å². The molecule has 0 saturated carbocycles. The molecule has 0 aliphatic heterocycles. The van der Waals surface area contributed by atoms with Crippen LogP contribution in [0.1, 0.15) is 0 Å². The first-order chi connectivity index (χ1) is 8.88. The quantitative estimate of drug-likeness (QED) is 0.762. The number of nitrogens with zero attached hydrogens (tertiary/aromatic N) is 1. The minimum atomic E-state index is -3.82. The fraction of sp³-hybridized carbons (Fsp3) is 0. The molecule has 4 nitrogen and oxygen atoms in total. The van der Waals surface area contributed by atoms with Crippen LogP contribution in [0.15, 0.2) is 61.3 Å². The molecule has 0 atom stereocenters. The maximum atomic E-state index is 12.0. The van der Waals surface area contributed by atoms with Gasteiger partial charge in [0.25, 0.3) is 10.0 Å². The molecule has 2 rings (SSSR count). The van der Waals surface area contributed by atoms with E-state index in [4.69, 9.17) is 11.6 Å². The molecule has 0 unspecified atom stereocenters. The summed E-state index contributed by atoms with van der Waals surface area (Å²) in [5.74, 6) is -0.373. The highest BCUT2D eigenvalue weighted by Gasteiger charge is 2.15. The number of carbonyl (C=O) groups is 1. The second kappa shape index (κ2) is 5.40. The van der Waals surface area contributed by atoms with Gasteiger partial charge in [0.15, 0.2) is 5.78 Å². The molecule has 1 aliphatic carbocycles. The first-order valence-corrected chi connectivity index (χ1v) is 7.70. The van der Waals surface area contributed by atoms with Crippen LogP contribution >= 0.6 is 27.5 Å². The summed E-state index contributed by atoms with van der Waals surface area (Å²) in [4.78, 5) is 11.2. The van der Waals surface area contributed by atoms with Gasteiger partial charge >= 0.3 is 0 Å². The SMILES string of the molecule is O=C1C=C/C(=N/S(=O)(=O)c2ccc(Br)cc2)C=C1Cl. The highest BCUT2D eigenvalue weighted by Crippen LogP contribution is 2.18. The van der Waals surface area contributed by atoms with Crippen LogP contribution in [-0.2, 0) is 14.8 Å². The molecule has 0 saturated heterocycles. The molecule has 0 N–H and O–H groups in total. The largest absolute Gasteiger partial charge is 0.288 e. The zero-order valence-electron chi connectivity index (χ0n) is 9.38. The Labute approximate surface area is 123 Å². The summed E-state index contributed by atoms with van der Waals surface area (Å²) in [6, 6.07) is 6.09.